The summed E-state index contributed by atoms with van der Waals surface area (Å²) < 4.78 is 5.26. The van der Waals surface area contributed by atoms with Gasteiger partial charge >= 0.3 is 0 Å². The van der Waals surface area contributed by atoms with Crippen LogP contribution in [0.1, 0.15) is 0 Å². The Morgan fingerprint density at radius 2 is 1.90 bits per heavy atom. The summed E-state index contributed by atoms with van der Waals surface area (Å²) in [7, 11) is 3.72. The molecule has 4 heteroatoms. The number of nitrogens with zero attached hydrogens (tertiary/aromatic N) is 1. The van der Waals surface area contributed by atoms with Crippen LogP contribution < -0.4 is 9.64 Å². The summed E-state index contributed by atoms with van der Waals surface area (Å²) in [5, 5.41) is 1.14. The molecular formula is C17H15NO2S. The quantitative estimate of drug-likeness (QED) is 0.832. The Kier molecular flexibility index (Phi) is 3.71. The first kappa shape index (κ1) is 13.8. The molecule has 21 heavy (non-hydrogen) atoms. The molecule has 2 aliphatic rings. The monoisotopic (exact) mass is 297 g/mol. The molecule has 1 aromatic rings. The molecule has 1 aliphatic carbocycles. The van der Waals surface area contributed by atoms with Crippen LogP contribution in [-0.2, 0) is 4.79 Å². The number of fused-ring (bicyclic) bond motifs is 1. The van der Waals surface area contributed by atoms with Crippen molar-refractivity contribution in [3.8, 4) is 5.75 Å². The zero-order valence-electron chi connectivity index (χ0n) is 11.9. The maximum Gasteiger partial charge on any atom is 0.178 e. The highest BCUT2D eigenvalue weighted by molar-refractivity contribution is 8.03. The molecule has 1 aliphatic heterocycles. The van der Waals surface area contributed by atoms with Crippen LogP contribution in [0.5, 0.6) is 5.75 Å². The lowest BCUT2D eigenvalue weighted by Crippen LogP contribution is -2.09. The molecule has 0 unspecified atom stereocenters. The Balaban J connectivity index is 1.84. The number of anilines is 1. The number of rotatable bonds is 2. The molecule has 0 saturated carbocycles. The van der Waals surface area contributed by atoms with Gasteiger partial charge in [0, 0.05) is 11.9 Å². The van der Waals surface area contributed by atoms with Gasteiger partial charge in [0.1, 0.15) is 5.75 Å². The number of carbonyl (C=O) groups is 1. The second-order valence-corrected chi connectivity index (χ2v) is 5.80. The van der Waals surface area contributed by atoms with Crippen LogP contribution in [0.15, 0.2) is 70.2 Å². The molecule has 1 heterocycles. The summed E-state index contributed by atoms with van der Waals surface area (Å²) >= 11 is 1.71. The summed E-state index contributed by atoms with van der Waals surface area (Å²) in [4.78, 5) is 14.4. The minimum absolute atomic E-state index is 0.0339. The SMILES string of the molecule is COc1ccc2c(c1)S/C(=C/C=C1C=CC(=O)C=C1)N2C. The lowest BCUT2D eigenvalue weighted by Gasteiger charge is -2.13. The lowest BCUT2D eigenvalue weighted by atomic mass is 10.1. The smallest absolute Gasteiger partial charge is 0.178 e. The Bertz CT molecular complexity index is 696. The fourth-order valence-electron chi connectivity index (χ4n) is 2.17. The van der Waals surface area contributed by atoms with Crippen molar-refractivity contribution in [2.45, 2.75) is 4.90 Å². The summed E-state index contributed by atoms with van der Waals surface area (Å²) in [6, 6.07) is 6.08. The Morgan fingerprint density at radius 3 is 2.62 bits per heavy atom. The van der Waals surface area contributed by atoms with E-state index in [1.54, 1.807) is 31.0 Å². The van der Waals surface area contributed by atoms with Crippen molar-refractivity contribution in [1.82, 2.24) is 0 Å². The highest BCUT2D eigenvalue weighted by Crippen LogP contribution is 2.46. The van der Waals surface area contributed by atoms with E-state index in [1.807, 2.05) is 37.4 Å². The second kappa shape index (κ2) is 5.66. The Hall–Kier alpha value is -2.20. The van der Waals surface area contributed by atoms with Gasteiger partial charge in [-0.15, -0.1) is 0 Å². The van der Waals surface area contributed by atoms with E-state index in [9.17, 15) is 4.79 Å². The van der Waals surface area contributed by atoms with Gasteiger partial charge in [0.2, 0.25) is 0 Å². The molecule has 0 bridgehead atoms. The molecule has 3 nitrogen and oxygen atoms in total. The molecule has 0 amide bonds. The number of methoxy groups -OCH3 is 1. The first-order chi connectivity index (χ1) is 10.2. The van der Waals surface area contributed by atoms with Gasteiger partial charge in [-0.2, -0.15) is 0 Å². The molecule has 0 saturated heterocycles. The van der Waals surface area contributed by atoms with E-state index in [2.05, 4.69) is 17.0 Å². The zero-order chi connectivity index (χ0) is 14.8. The number of benzene rings is 1. The van der Waals surface area contributed by atoms with Crippen molar-refractivity contribution in [2.24, 2.45) is 0 Å². The minimum atomic E-state index is 0.0339. The first-order valence-corrected chi connectivity index (χ1v) is 7.41. The third-order valence-electron chi connectivity index (χ3n) is 3.37. The van der Waals surface area contributed by atoms with Crippen molar-refractivity contribution in [3.05, 3.63) is 65.3 Å². The molecule has 0 aromatic heterocycles. The van der Waals surface area contributed by atoms with Crippen LogP contribution in [-0.4, -0.2) is 19.9 Å². The predicted molar refractivity (Wildman–Crippen MR) is 86.7 cm³/mol. The van der Waals surface area contributed by atoms with Crippen LogP contribution in [0.3, 0.4) is 0 Å². The molecular weight excluding hydrogens is 282 g/mol. The fourth-order valence-corrected chi connectivity index (χ4v) is 3.25. The summed E-state index contributed by atoms with van der Waals surface area (Å²) in [5.41, 5.74) is 2.19. The number of thioether (sulfide) groups is 1. The number of ether oxygens (including phenoxy) is 1. The van der Waals surface area contributed by atoms with E-state index in [4.69, 9.17) is 4.74 Å². The number of hydrogen-bond donors (Lipinski definition) is 0. The van der Waals surface area contributed by atoms with Gasteiger partial charge in [-0.1, -0.05) is 30.0 Å². The topological polar surface area (TPSA) is 29.5 Å². The zero-order valence-corrected chi connectivity index (χ0v) is 12.7. The number of carbonyl (C=O) groups excluding carboxylic acids is 1. The van der Waals surface area contributed by atoms with Gasteiger partial charge in [-0.25, -0.2) is 0 Å². The molecule has 3 rings (SSSR count). The summed E-state index contributed by atoms with van der Waals surface area (Å²) in [5.74, 6) is 0.901. The van der Waals surface area contributed by atoms with Crippen LogP contribution in [0.25, 0.3) is 0 Å². The van der Waals surface area contributed by atoms with Gasteiger partial charge in [0.25, 0.3) is 0 Å². The third-order valence-corrected chi connectivity index (χ3v) is 4.54. The number of hydrogen-bond acceptors (Lipinski definition) is 4. The Labute approximate surface area is 128 Å². The van der Waals surface area contributed by atoms with E-state index >= 15 is 0 Å². The van der Waals surface area contributed by atoms with Crippen LogP contribution >= 0.6 is 11.8 Å². The molecule has 0 radical (unpaired) electrons. The van der Waals surface area contributed by atoms with E-state index in [1.165, 1.54) is 10.6 Å². The maximum atomic E-state index is 11.1. The molecule has 1 aromatic carbocycles. The van der Waals surface area contributed by atoms with Gasteiger partial charge in [0.05, 0.1) is 17.8 Å². The van der Waals surface area contributed by atoms with Crippen molar-refractivity contribution in [2.75, 3.05) is 19.1 Å². The maximum absolute atomic E-state index is 11.1. The van der Waals surface area contributed by atoms with E-state index in [0.29, 0.717) is 0 Å². The third kappa shape index (κ3) is 2.81. The van der Waals surface area contributed by atoms with E-state index in [0.717, 1.165) is 16.4 Å². The first-order valence-electron chi connectivity index (χ1n) is 6.59. The highest BCUT2D eigenvalue weighted by atomic mass is 32.2. The van der Waals surface area contributed by atoms with Crippen molar-refractivity contribution < 1.29 is 9.53 Å². The lowest BCUT2D eigenvalue weighted by molar-refractivity contribution is -0.110. The van der Waals surface area contributed by atoms with Crippen LogP contribution in [0.4, 0.5) is 5.69 Å². The number of ketones is 1. The largest absolute Gasteiger partial charge is 0.497 e. The van der Waals surface area contributed by atoms with Gasteiger partial charge < -0.3 is 9.64 Å². The average Bonchev–Trinajstić information content (AvgIpc) is 2.82. The minimum Gasteiger partial charge on any atom is -0.497 e. The molecule has 0 spiro atoms. The van der Waals surface area contributed by atoms with Crippen LogP contribution in [0, 0.1) is 0 Å². The highest BCUT2D eigenvalue weighted by Gasteiger charge is 2.21. The van der Waals surface area contributed by atoms with E-state index in [-0.39, 0.29) is 5.78 Å². The van der Waals surface area contributed by atoms with Crippen molar-refractivity contribution in [3.63, 3.8) is 0 Å². The van der Waals surface area contributed by atoms with Crippen LogP contribution in [0.2, 0.25) is 0 Å². The van der Waals surface area contributed by atoms with E-state index < -0.39 is 0 Å². The Morgan fingerprint density at radius 1 is 1.14 bits per heavy atom. The molecule has 0 N–H and O–H groups in total. The molecule has 106 valence electrons. The van der Waals surface area contributed by atoms with Gasteiger partial charge in [-0.05, 0) is 42.0 Å². The predicted octanol–water partition coefficient (Wildman–Crippen LogP) is 3.70. The summed E-state index contributed by atoms with van der Waals surface area (Å²) in [6.45, 7) is 0. The second-order valence-electron chi connectivity index (χ2n) is 4.74. The van der Waals surface area contributed by atoms with Crippen molar-refractivity contribution >= 4 is 23.2 Å². The molecule has 0 fully saturated rings. The molecule has 0 atom stereocenters. The van der Waals surface area contributed by atoms with Gasteiger partial charge in [0.15, 0.2) is 5.78 Å². The average molecular weight is 297 g/mol. The fraction of sp³-hybridized carbons (Fsp3) is 0.118. The normalized spacial score (nSPS) is 18.4. The standard InChI is InChI=1S/C17H15NO2S/c1-18-15-9-8-14(20-2)11-16(15)21-17(18)10-5-12-3-6-13(19)7-4-12/h3-11H,1-2H3/b17-10+. The van der Waals surface area contributed by atoms with Crippen molar-refractivity contribution in [1.29, 1.82) is 0 Å². The van der Waals surface area contributed by atoms with Gasteiger partial charge in [-0.3, -0.25) is 4.79 Å². The number of allylic oxidation sites excluding steroid dienone is 7. The summed E-state index contributed by atoms with van der Waals surface area (Å²) in [6.07, 6.45) is 10.9.